The Morgan fingerprint density at radius 2 is 1.97 bits per heavy atom. The van der Waals surface area contributed by atoms with Crippen LogP contribution in [0, 0.1) is 6.92 Å². The zero-order valence-corrected chi connectivity index (χ0v) is 18.7. The molecule has 3 heterocycles. The number of nitrogens with zero attached hydrogens (tertiary/aromatic N) is 1. The number of aryl methyl sites for hydroxylation is 1. The summed E-state index contributed by atoms with van der Waals surface area (Å²) in [4.78, 5) is 42.4. The van der Waals surface area contributed by atoms with Crippen molar-refractivity contribution in [2.45, 2.75) is 31.4 Å². The van der Waals surface area contributed by atoms with Crippen LogP contribution in [0.25, 0.3) is 9.88 Å². The van der Waals surface area contributed by atoms with E-state index in [1.807, 2.05) is 11.4 Å². The second kappa shape index (κ2) is 8.71. The van der Waals surface area contributed by atoms with E-state index >= 15 is 0 Å². The normalized spacial score (nSPS) is 17.1. The van der Waals surface area contributed by atoms with Gasteiger partial charge in [-0.05, 0) is 50.1 Å². The lowest BCUT2D eigenvalue weighted by atomic mass is 10.1. The standard InChI is InChI=1S/C21H18N2O4S3/c1-11-3-8-16(29-11)19-22-15(10-28-19)12(2)20(25)27-14-6-4-13(5-7-14)9-17-18(24)23-21(26)30-17/h3-8,10,12,17H,9H2,1-2H3,(H,23,24,26). The smallest absolute Gasteiger partial charge is 0.320 e. The van der Waals surface area contributed by atoms with Gasteiger partial charge < -0.3 is 4.74 Å². The first kappa shape index (κ1) is 20.8. The highest BCUT2D eigenvalue weighted by Gasteiger charge is 2.31. The van der Waals surface area contributed by atoms with Crippen LogP contribution in [-0.4, -0.2) is 27.3 Å². The van der Waals surface area contributed by atoms with Crippen LogP contribution in [0.3, 0.4) is 0 Å². The molecule has 0 spiro atoms. The monoisotopic (exact) mass is 458 g/mol. The van der Waals surface area contributed by atoms with Gasteiger partial charge in [0.25, 0.3) is 5.24 Å². The van der Waals surface area contributed by atoms with Crippen molar-refractivity contribution < 1.29 is 19.1 Å². The summed E-state index contributed by atoms with van der Waals surface area (Å²) in [5.41, 5.74) is 1.58. The van der Waals surface area contributed by atoms with Crippen molar-refractivity contribution in [2.24, 2.45) is 0 Å². The Labute approximate surface area is 185 Å². The lowest BCUT2D eigenvalue weighted by Crippen LogP contribution is -2.25. The van der Waals surface area contributed by atoms with E-state index in [2.05, 4.69) is 23.3 Å². The minimum absolute atomic E-state index is 0.269. The van der Waals surface area contributed by atoms with E-state index in [1.165, 1.54) is 16.2 Å². The van der Waals surface area contributed by atoms with Gasteiger partial charge in [-0.3, -0.25) is 19.7 Å². The first-order chi connectivity index (χ1) is 14.4. The average Bonchev–Trinajstić information content (AvgIpc) is 3.43. The number of amides is 2. The molecule has 2 atom stereocenters. The molecule has 30 heavy (non-hydrogen) atoms. The number of nitrogens with one attached hydrogen (secondary N) is 1. The molecule has 1 aliphatic rings. The highest BCUT2D eigenvalue weighted by atomic mass is 32.2. The molecule has 1 fully saturated rings. The van der Waals surface area contributed by atoms with E-state index in [0.29, 0.717) is 17.9 Å². The number of esters is 1. The number of hydrogen-bond acceptors (Lipinski definition) is 8. The number of thiophene rings is 1. The number of carbonyl (C=O) groups excluding carboxylic acids is 3. The average molecular weight is 459 g/mol. The fraction of sp³-hybridized carbons (Fsp3) is 0.238. The summed E-state index contributed by atoms with van der Waals surface area (Å²) in [5, 5.41) is 4.34. The van der Waals surface area contributed by atoms with Crippen LogP contribution in [0.15, 0.2) is 41.8 Å². The molecule has 0 aliphatic carbocycles. The Kier molecular flexibility index (Phi) is 6.03. The minimum Gasteiger partial charge on any atom is -0.426 e. The number of carbonyl (C=O) groups is 3. The number of aromatic nitrogens is 1. The molecule has 0 saturated carbocycles. The van der Waals surface area contributed by atoms with Gasteiger partial charge in [0, 0.05) is 10.3 Å². The van der Waals surface area contributed by atoms with Crippen LogP contribution < -0.4 is 10.1 Å². The quantitative estimate of drug-likeness (QED) is 0.423. The van der Waals surface area contributed by atoms with Gasteiger partial charge in [0.1, 0.15) is 10.8 Å². The van der Waals surface area contributed by atoms with Crippen LogP contribution in [0.1, 0.15) is 29.0 Å². The number of benzene rings is 1. The Bertz CT molecular complexity index is 1100. The van der Waals surface area contributed by atoms with Crippen molar-refractivity contribution in [2.75, 3.05) is 0 Å². The highest BCUT2D eigenvalue weighted by molar-refractivity contribution is 8.15. The molecule has 4 rings (SSSR count). The third kappa shape index (κ3) is 4.63. The SMILES string of the molecule is Cc1ccc(-c2nc(C(C)C(=O)Oc3ccc(CC4SC(=O)NC4=O)cc3)cs2)s1. The van der Waals surface area contributed by atoms with Gasteiger partial charge >= 0.3 is 5.97 Å². The molecule has 0 bridgehead atoms. The molecule has 3 aromatic rings. The van der Waals surface area contributed by atoms with Crippen molar-refractivity contribution in [1.82, 2.24) is 10.3 Å². The van der Waals surface area contributed by atoms with Crippen LogP contribution in [0.4, 0.5) is 4.79 Å². The van der Waals surface area contributed by atoms with Gasteiger partial charge in [-0.15, -0.1) is 22.7 Å². The Morgan fingerprint density at radius 1 is 1.20 bits per heavy atom. The van der Waals surface area contributed by atoms with Crippen LogP contribution in [0.2, 0.25) is 0 Å². The summed E-state index contributed by atoms with van der Waals surface area (Å²) in [6.07, 6.45) is 0.441. The molecule has 9 heteroatoms. The molecule has 6 nitrogen and oxygen atoms in total. The van der Waals surface area contributed by atoms with E-state index in [1.54, 1.807) is 42.5 Å². The van der Waals surface area contributed by atoms with E-state index in [9.17, 15) is 14.4 Å². The summed E-state index contributed by atoms with van der Waals surface area (Å²) in [5.74, 6) is -0.701. The number of ether oxygens (including phenoxy) is 1. The summed E-state index contributed by atoms with van der Waals surface area (Å²) in [6, 6.07) is 11.1. The lowest BCUT2D eigenvalue weighted by Gasteiger charge is -2.10. The molecular weight excluding hydrogens is 440 g/mol. The maximum absolute atomic E-state index is 12.6. The van der Waals surface area contributed by atoms with Gasteiger partial charge in [-0.1, -0.05) is 23.9 Å². The second-order valence-electron chi connectivity index (χ2n) is 6.86. The summed E-state index contributed by atoms with van der Waals surface area (Å²) in [7, 11) is 0. The van der Waals surface area contributed by atoms with E-state index in [0.717, 1.165) is 27.2 Å². The lowest BCUT2D eigenvalue weighted by molar-refractivity contribution is -0.135. The van der Waals surface area contributed by atoms with Crippen molar-refractivity contribution >= 4 is 51.6 Å². The number of imide groups is 1. The number of thiazole rings is 1. The molecular formula is C21H18N2O4S3. The molecule has 0 radical (unpaired) electrons. The fourth-order valence-corrected chi connectivity index (χ4v) is 5.62. The summed E-state index contributed by atoms with van der Waals surface area (Å²) >= 11 is 4.19. The van der Waals surface area contributed by atoms with E-state index in [4.69, 9.17) is 4.74 Å². The fourth-order valence-electron chi connectivity index (χ4n) is 2.91. The van der Waals surface area contributed by atoms with Gasteiger partial charge in [0.15, 0.2) is 0 Å². The first-order valence-corrected chi connectivity index (χ1v) is 11.8. The van der Waals surface area contributed by atoms with E-state index < -0.39 is 11.2 Å². The highest BCUT2D eigenvalue weighted by Crippen LogP contribution is 2.32. The Morgan fingerprint density at radius 3 is 2.60 bits per heavy atom. The van der Waals surface area contributed by atoms with Crippen molar-refractivity contribution in [1.29, 1.82) is 0 Å². The molecule has 1 saturated heterocycles. The van der Waals surface area contributed by atoms with Crippen molar-refractivity contribution in [3.63, 3.8) is 0 Å². The third-order valence-corrected chi connectivity index (χ3v) is 7.61. The zero-order valence-electron chi connectivity index (χ0n) is 16.2. The van der Waals surface area contributed by atoms with Crippen molar-refractivity contribution in [3.05, 3.63) is 57.9 Å². The predicted octanol–water partition coefficient (Wildman–Crippen LogP) is 4.78. The topological polar surface area (TPSA) is 85.4 Å². The van der Waals surface area contributed by atoms with Crippen LogP contribution in [0.5, 0.6) is 5.75 Å². The molecule has 154 valence electrons. The Hall–Kier alpha value is -2.49. The number of thioether (sulfide) groups is 1. The van der Waals surface area contributed by atoms with Crippen LogP contribution in [-0.2, 0) is 16.0 Å². The van der Waals surface area contributed by atoms with Gasteiger partial charge in [0.2, 0.25) is 5.91 Å². The first-order valence-electron chi connectivity index (χ1n) is 9.23. The molecule has 2 unspecified atom stereocenters. The van der Waals surface area contributed by atoms with Gasteiger partial charge in [0.05, 0.1) is 21.7 Å². The molecule has 2 amide bonds. The minimum atomic E-state index is -0.486. The van der Waals surface area contributed by atoms with Gasteiger partial charge in [-0.2, -0.15) is 0 Å². The van der Waals surface area contributed by atoms with E-state index in [-0.39, 0.29) is 17.1 Å². The zero-order chi connectivity index (χ0) is 21.3. The third-order valence-electron chi connectivity index (χ3n) is 4.60. The molecule has 1 N–H and O–H groups in total. The maximum atomic E-state index is 12.6. The van der Waals surface area contributed by atoms with Crippen LogP contribution >= 0.6 is 34.4 Å². The molecule has 1 aliphatic heterocycles. The Balaban J connectivity index is 1.37. The summed E-state index contributed by atoms with van der Waals surface area (Å²) in [6.45, 7) is 3.83. The molecule has 1 aromatic carbocycles. The molecule has 2 aromatic heterocycles. The largest absolute Gasteiger partial charge is 0.426 e. The number of hydrogen-bond donors (Lipinski definition) is 1. The second-order valence-corrected chi connectivity index (χ2v) is 10.2. The maximum Gasteiger partial charge on any atom is 0.320 e. The summed E-state index contributed by atoms with van der Waals surface area (Å²) < 4.78 is 5.50. The van der Waals surface area contributed by atoms with Gasteiger partial charge in [-0.25, -0.2) is 4.98 Å². The predicted molar refractivity (Wildman–Crippen MR) is 119 cm³/mol. The number of rotatable bonds is 6. The van der Waals surface area contributed by atoms with Crippen molar-refractivity contribution in [3.8, 4) is 15.6 Å².